The minimum absolute atomic E-state index is 0.00717. The molecule has 0 bridgehead atoms. The lowest BCUT2D eigenvalue weighted by Crippen LogP contribution is -2.33. The summed E-state index contributed by atoms with van der Waals surface area (Å²) in [7, 11) is 0. The molecule has 7 nitrogen and oxygen atoms in total. The summed E-state index contributed by atoms with van der Waals surface area (Å²) in [4.78, 5) is 12.8. The summed E-state index contributed by atoms with van der Waals surface area (Å²) in [6, 6.07) is 6.35. The normalized spacial score (nSPS) is 17.0. The first kappa shape index (κ1) is 22.0. The number of hydrogen-bond acceptors (Lipinski definition) is 6. The number of amides is 1. The molecule has 1 atom stereocenters. The van der Waals surface area contributed by atoms with E-state index in [1.54, 1.807) is 0 Å². The van der Waals surface area contributed by atoms with Gasteiger partial charge >= 0.3 is 0 Å². The maximum atomic E-state index is 12.8. The smallest absolute Gasteiger partial charge is 0.230 e. The minimum atomic E-state index is -0.0993. The third-order valence-corrected chi connectivity index (χ3v) is 6.51. The van der Waals surface area contributed by atoms with E-state index < -0.39 is 0 Å². The molecule has 1 saturated carbocycles. The standard InChI is InChI=1S/C23H32N4O3S/c1-14(2)21(16-6-9-18-19(12-16)30-11-5-10-29-18)24-20(28)13-31-23-26-25-22(15(3)4)27(23)17-7-8-17/h6,9,12,14-15,17,21H,5,7-8,10-11,13H2,1-4H3,(H,24,28). The van der Waals surface area contributed by atoms with Gasteiger partial charge in [0.2, 0.25) is 5.91 Å². The zero-order chi connectivity index (χ0) is 22.0. The van der Waals surface area contributed by atoms with Gasteiger partial charge in [0, 0.05) is 18.4 Å². The van der Waals surface area contributed by atoms with Crippen molar-refractivity contribution in [1.29, 1.82) is 0 Å². The second-order valence-corrected chi connectivity index (χ2v) is 9.87. The first-order valence-corrected chi connectivity index (χ1v) is 12.2. The third kappa shape index (κ3) is 5.17. The van der Waals surface area contributed by atoms with Gasteiger partial charge < -0.3 is 19.4 Å². The molecule has 0 saturated heterocycles. The van der Waals surface area contributed by atoms with E-state index in [2.05, 4.69) is 47.8 Å². The maximum absolute atomic E-state index is 12.8. The van der Waals surface area contributed by atoms with Crippen LogP contribution in [0.5, 0.6) is 11.5 Å². The number of thioether (sulfide) groups is 1. The lowest BCUT2D eigenvalue weighted by atomic mass is 9.95. The Bertz CT molecular complexity index is 924. The summed E-state index contributed by atoms with van der Waals surface area (Å²) in [5, 5.41) is 12.8. The van der Waals surface area contributed by atoms with Gasteiger partial charge in [-0.25, -0.2) is 0 Å². The van der Waals surface area contributed by atoms with Gasteiger partial charge in [0.1, 0.15) is 5.82 Å². The molecular weight excluding hydrogens is 412 g/mol. The molecule has 0 spiro atoms. The Morgan fingerprint density at radius 2 is 1.90 bits per heavy atom. The zero-order valence-electron chi connectivity index (χ0n) is 18.8. The Balaban J connectivity index is 1.43. The van der Waals surface area contributed by atoms with Crippen molar-refractivity contribution >= 4 is 17.7 Å². The minimum Gasteiger partial charge on any atom is -0.490 e. The molecule has 2 aromatic rings. The van der Waals surface area contributed by atoms with Gasteiger partial charge in [-0.2, -0.15) is 0 Å². The van der Waals surface area contributed by atoms with Crippen LogP contribution >= 0.6 is 11.8 Å². The SMILES string of the molecule is CC(C)c1nnc(SCC(=O)NC(c2ccc3c(c2)OCCCO3)C(C)C)n1C1CC1. The van der Waals surface area contributed by atoms with Gasteiger partial charge in [0.15, 0.2) is 16.7 Å². The molecule has 1 aromatic carbocycles. The highest BCUT2D eigenvalue weighted by atomic mass is 32.2. The van der Waals surface area contributed by atoms with Crippen LogP contribution in [0.15, 0.2) is 23.4 Å². The van der Waals surface area contributed by atoms with E-state index in [9.17, 15) is 4.79 Å². The molecule has 31 heavy (non-hydrogen) atoms. The fourth-order valence-corrected chi connectivity index (χ4v) is 4.63. The summed E-state index contributed by atoms with van der Waals surface area (Å²) in [6.45, 7) is 9.79. The van der Waals surface area contributed by atoms with Gasteiger partial charge in [0.25, 0.3) is 0 Å². The molecule has 1 unspecified atom stereocenters. The Kier molecular flexibility index (Phi) is 6.74. The predicted molar refractivity (Wildman–Crippen MR) is 121 cm³/mol. The van der Waals surface area contributed by atoms with E-state index in [4.69, 9.17) is 9.47 Å². The first-order chi connectivity index (χ1) is 14.9. The fraction of sp³-hybridized carbons (Fsp3) is 0.609. The summed E-state index contributed by atoms with van der Waals surface area (Å²) in [5.74, 6) is 3.40. The highest BCUT2D eigenvalue weighted by Crippen LogP contribution is 2.40. The third-order valence-electron chi connectivity index (χ3n) is 5.57. The Morgan fingerprint density at radius 3 is 2.58 bits per heavy atom. The van der Waals surface area contributed by atoms with E-state index in [0.29, 0.717) is 30.9 Å². The number of carbonyl (C=O) groups is 1. The van der Waals surface area contributed by atoms with E-state index in [0.717, 1.165) is 47.3 Å². The molecule has 1 N–H and O–H groups in total. The van der Waals surface area contributed by atoms with Crippen molar-refractivity contribution in [1.82, 2.24) is 20.1 Å². The first-order valence-electron chi connectivity index (χ1n) is 11.2. The van der Waals surface area contributed by atoms with Gasteiger partial charge in [-0.1, -0.05) is 45.5 Å². The number of nitrogens with one attached hydrogen (secondary N) is 1. The molecule has 1 fully saturated rings. The number of hydrogen-bond donors (Lipinski definition) is 1. The molecule has 4 rings (SSSR count). The molecule has 2 aliphatic rings. The average molecular weight is 445 g/mol. The summed E-state index contributed by atoms with van der Waals surface area (Å²) in [6.07, 6.45) is 3.20. The second kappa shape index (κ2) is 9.51. The van der Waals surface area contributed by atoms with Crippen molar-refractivity contribution < 1.29 is 14.3 Å². The van der Waals surface area contributed by atoms with Crippen molar-refractivity contribution in [2.24, 2.45) is 5.92 Å². The Morgan fingerprint density at radius 1 is 1.16 bits per heavy atom. The lowest BCUT2D eigenvalue weighted by Gasteiger charge is -2.24. The number of fused-ring (bicyclic) bond motifs is 1. The summed E-state index contributed by atoms with van der Waals surface area (Å²) < 4.78 is 13.8. The Hall–Kier alpha value is -2.22. The van der Waals surface area contributed by atoms with Crippen molar-refractivity contribution in [3.05, 3.63) is 29.6 Å². The topological polar surface area (TPSA) is 78.3 Å². The molecule has 1 aliphatic heterocycles. The van der Waals surface area contributed by atoms with E-state index in [-0.39, 0.29) is 17.9 Å². The van der Waals surface area contributed by atoms with Gasteiger partial charge in [-0.3, -0.25) is 4.79 Å². The van der Waals surface area contributed by atoms with Gasteiger partial charge in [-0.15, -0.1) is 10.2 Å². The largest absolute Gasteiger partial charge is 0.490 e. The van der Waals surface area contributed by atoms with Crippen LogP contribution in [0.2, 0.25) is 0 Å². The van der Waals surface area contributed by atoms with Gasteiger partial charge in [0.05, 0.1) is 25.0 Å². The van der Waals surface area contributed by atoms with Crippen molar-refractivity contribution in [2.75, 3.05) is 19.0 Å². The van der Waals surface area contributed by atoms with E-state index in [1.807, 2.05) is 18.2 Å². The molecule has 1 aromatic heterocycles. The second-order valence-electron chi connectivity index (χ2n) is 8.93. The number of carbonyl (C=O) groups excluding carboxylic acids is 1. The molecule has 1 amide bonds. The van der Waals surface area contributed by atoms with E-state index in [1.165, 1.54) is 11.8 Å². The van der Waals surface area contributed by atoms with Crippen molar-refractivity contribution in [3.8, 4) is 11.5 Å². The summed E-state index contributed by atoms with van der Waals surface area (Å²) >= 11 is 1.47. The number of benzene rings is 1. The molecular formula is C23H32N4O3S. The van der Waals surface area contributed by atoms with Crippen LogP contribution in [0.3, 0.4) is 0 Å². The van der Waals surface area contributed by atoms with Gasteiger partial charge in [-0.05, 0) is 36.5 Å². The average Bonchev–Trinajstić information content (AvgIpc) is 3.52. The van der Waals surface area contributed by atoms with Crippen LogP contribution in [-0.2, 0) is 4.79 Å². The molecule has 2 heterocycles. The number of rotatable bonds is 8. The summed E-state index contributed by atoms with van der Waals surface area (Å²) in [5.41, 5.74) is 1.03. The van der Waals surface area contributed by atoms with E-state index >= 15 is 0 Å². The maximum Gasteiger partial charge on any atom is 0.230 e. The molecule has 168 valence electrons. The molecule has 0 radical (unpaired) electrons. The fourth-order valence-electron chi connectivity index (χ4n) is 3.81. The number of ether oxygens (including phenoxy) is 2. The Labute approximate surface area is 188 Å². The lowest BCUT2D eigenvalue weighted by molar-refractivity contribution is -0.119. The molecule has 8 heteroatoms. The highest BCUT2D eigenvalue weighted by Gasteiger charge is 2.31. The number of aromatic nitrogens is 3. The predicted octanol–water partition coefficient (Wildman–Crippen LogP) is 4.50. The monoisotopic (exact) mass is 444 g/mol. The van der Waals surface area contributed by atoms with Crippen LogP contribution in [0.25, 0.3) is 0 Å². The number of nitrogens with zero attached hydrogens (tertiary/aromatic N) is 3. The van der Waals surface area contributed by atoms with Crippen LogP contribution in [0.4, 0.5) is 0 Å². The molecule has 1 aliphatic carbocycles. The highest BCUT2D eigenvalue weighted by molar-refractivity contribution is 7.99. The van der Waals surface area contributed by atoms with Crippen LogP contribution < -0.4 is 14.8 Å². The van der Waals surface area contributed by atoms with Crippen LogP contribution in [0, 0.1) is 5.92 Å². The zero-order valence-corrected chi connectivity index (χ0v) is 19.6. The van der Waals surface area contributed by atoms with Crippen LogP contribution in [-0.4, -0.2) is 39.6 Å². The van der Waals surface area contributed by atoms with Crippen LogP contribution in [0.1, 0.15) is 76.3 Å². The van der Waals surface area contributed by atoms with Crippen molar-refractivity contribution in [2.45, 2.75) is 70.1 Å². The quantitative estimate of drug-likeness (QED) is 0.604. The van der Waals surface area contributed by atoms with Crippen molar-refractivity contribution in [3.63, 3.8) is 0 Å².